The highest BCUT2D eigenvalue weighted by atomic mass is 35.5. The highest BCUT2D eigenvalue weighted by molar-refractivity contribution is 6.31. The molecule has 0 bridgehead atoms. The van der Waals surface area contributed by atoms with E-state index in [2.05, 4.69) is 5.32 Å². The third-order valence-corrected chi connectivity index (χ3v) is 4.56. The molecule has 5 heteroatoms. The molecule has 22 heavy (non-hydrogen) atoms. The van der Waals surface area contributed by atoms with E-state index in [0.29, 0.717) is 11.4 Å². The number of carbonyl (C=O) groups excluding carboxylic acids is 1. The number of hydrogen-bond acceptors (Lipinski definition) is 3. The molecule has 4 nitrogen and oxygen atoms in total. The van der Waals surface area contributed by atoms with Crippen LogP contribution in [-0.4, -0.2) is 12.7 Å². The fourth-order valence-electron chi connectivity index (χ4n) is 3.10. The van der Waals surface area contributed by atoms with Crippen LogP contribution >= 0.6 is 11.6 Å². The number of halogens is 1. The van der Waals surface area contributed by atoms with Crippen LogP contribution in [0.5, 0.6) is 11.5 Å². The van der Waals surface area contributed by atoms with E-state index in [0.717, 1.165) is 28.3 Å². The fraction of sp³-hybridized carbons (Fsp3) is 0.235. The molecule has 2 heterocycles. The van der Waals surface area contributed by atoms with E-state index in [1.54, 1.807) is 6.07 Å². The van der Waals surface area contributed by atoms with Crippen molar-refractivity contribution in [2.75, 3.05) is 12.1 Å². The quantitative estimate of drug-likeness (QED) is 0.922. The first kappa shape index (κ1) is 13.5. The summed E-state index contributed by atoms with van der Waals surface area (Å²) in [5, 5.41) is 3.57. The Hall–Kier alpha value is -2.20. The minimum atomic E-state index is -0.645. The lowest BCUT2D eigenvalue weighted by molar-refractivity contribution is -0.120. The topological polar surface area (TPSA) is 47.6 Å². The summed E-state index contributed by atoms with van der Waals surface area (Å²) >= 11 is 6.10. The Labute approximate surface area is 133 Å². The molecule has 1 N–H and O–H groups in total. The number of benzene rings is 2. The highest BCUT2D eigenvalue weighted by Crippen LogP contribution is 2.42. The second-order valence-corrected chi connectivity index (χ2v) is 6.28. The molecule has 0 radical (unpaired) electrons. The van der Waals surface area contributed by atoms with Gasteiger partial charge in [-0.05, 0) is 54.8 Å². The number of amides is 1. The average Bonchev–Trinajstić information content (AvgIpc) is 3.04. The molecule has 0 fully saturated rings. The summed E-state index contributed by atoms with van der Waals surface area (Å²) < 4.78 is 10.7. The van der Waals surface area contributed by atoms with Crippen molar-refractivity contribution in [3.63, 3.8) is 0 Å². The lowest BCUT2D eigenvalue weighted by Crippen LogP contribution is -2.33. The maximum Gasteiger partial charge on any atom is 0.235 e. The van der Waals surface area contributed by atoms with Crippen molar-refractivity contribution in [3.05, 3.63) is 52.5 Å². The van der Waals surface area contributed by atoms with Gasteiger partial charge in [0.15, 0.2) is 11.5 Å². The van der Waals surface area contributed by atoms with Gasteiger partial charge < -0.3 is 14.8 Å². The second kappa shape index (κ2) is 4.65. The summed E-state index contributed by atoms with van der Waals surface area (Å²) in [6.45, 7) is 2.18. The minimum Gasteiger partial charge on any atom is -0.454 e. The fourth-order valence-corrected chi connectivity index (χ4v) is 3.27. The van der Waals surface area contributed by atoms with Crippen molar-refractivity contribution in [2.45, 2.75) is 18.8 Å². The normalized spacial score (nSPS) is 21.6. The molecule has 2 aromatic carbocycles. The molecule has 2 aromatic rings. The van der Waals surface area contributed by atoms with E-state index in [1.807, 2.05) is 37.3 Å². The Morgan fingerprint density at radius 3 is 2.86 bits per heavy atom. The molecule has 0 aliphatic carbocycles. The number of rotatable bonds is 2. The van der Waals surface area contributed by atoms with Crippen molar-refractivity contribution >= 4 is 23.2 Å². The zero-order valence-corrected chi connectivity index (χ0v) is 12.7. The lowest BCUT2D eigenvalue weighted by Gasteiger charge is -2.22. The first-order chi connectivity index (χ1) is 10.6. The zero-order valence-electron chi connectivity index (χ0n) is 12.0. The van der Waals surface area contributed by atoms with E-state index < -0.39 is 5.41 Å². The molecule has 1 atom stereocenters. The first-order valence-electron chi connectivity index (χ1n) is 7.06. The highest BCUT2D eigenvalue weighted by Gasteiger charge is 2.42. The van der Waals surface area contributed by atoms with Crippen molar-refractivity contribution in [1.29, 1.82) is 0 Å². The van der Waals surface area contributed by atoms with Gasteiger partial charge in [-0.3, -0.25) is 4.79 Å². The third-order valence-electron chi connectivity index (χ3n) is 4.32. The Morgan fingerprint density at radius 1 is 1.18 bits per heavy atom. The van der Waals surface area contributed by atoms with Gasteiger partial charge in [0.05, 0.1) is 5.41 Å². The summed E-state index contributed by atoms with van der Waals surface area (Å²) in [7, 11) is 0. The van der Waals surface area contributed by atoms with E-state index in [9.17, 15) is 4.79 Å². The summed E-state index contributed by atoms with van der Waals surface area (Å²) in [6, 6.07) is 11.3. The van der Waals surface area contributed by atoms with Gasteiger partial charge >= 0.3 is 0 Å². The Balaban J connectivity index is 1.73. The van der Waals surface area contributed by atoms with Gasteiger partial charge in [0.1, 0.15) is 0 Å². The summed E-state index contributed by atoms with van der Waals surface area (Å²) in [4.78, 5) is 12.5. The predicted molar refractivity (Wildman–Crippen MR) is 83.7 cm³/mol. The molecule has 2 aliphatic rings. The standard InChI is InChI=1S/C17H14ClNO3/c1-17(8-10-2-5-14-15(6-10)22-9-21-14)12-7-11(18)3-4-13(12)19-16(17)20/h2-7H,8-9H2,1H3,(H,19,20). The molecule has 0 spiro atoms. The molecule has 2 aliphatic heterocycles. The zero-order chi connectivity index (χ0) is 15.3. The number of anilines is 1. The van der Waals surface area contributed by atoms with Crippen LogP contribution in [0.25, 0.3) is 0 Å². The van der Waals surface area contributed by atoms with Crippen LogP contribution < -0.4 is 14.8 Å². The maximum absolute atomic E-state index is 12.5. The SMILES string of the molecule is CC1(Cc2ccc3c(c2)OCO3)C(=O)Nc2ccc(Cl)cc21. The largest absolute Gasteiger partial charge is 0.454 e. The Morgan fingerprint density at radius 2 is 2.00 bits per heavy atom. The van der Waals surface area contributed by atoms with Crippen LogP contribution in [0.4, 0.5) is 5.69 Å². The Kier molecular flexibility index (Phi) is 2.84. The van der Waals surface area contributed by atoms with Gasteiger partial charge in [-0.2, -0.15) is 0 Å². The van der Waals surface area contributed by atoms with E-state index in [1.165, 1.54) is 0 Å². The predicted octanol–water partition coefficient (Wildman–Crippen LogP) is 3.52. The summed E-state index contributed by atoms with van der Waals surface area (Å²) in [6.07, 6.45) is 0.572. The Bertz CT molecular complexity index is 789. The molecule has 0 saturated heterocycles. The number of hydrogen-bond donors (Lipinski definition) is 1. The van der Waals surface area contributed by atoms with Crippen molar-refractivity contribution < 1.29 is 14.3 Å². The van der Waals surface area contributed by atoms with Crippen LogP contribution in [-0.2, 0) is 16.6 Å². The summed E-state index contributed by atoms with van der Waals surface area (Å²) in [5.74, 6) is 1.46. The van der Waals surface area contributed by atoms with Crippen molar-refractivity contribution in [1.82, 2.24) is 0 Å². The average molecular weight is 316 g/mol. The number of ether oxygens (including phenoxy) is 2. The molecule has 0 aromatic heterocycles. The van der Waals surface area contributed by atoms with Crippen LogP contribution in [0.3, 0.4) is 0 Å². The summed E-state index contributed by atoms with van der Waals surface area (Å²) in [5.41, 5.74) is 2.14. The van der Waals surface area contributed by atoms with Gasteiger partial charge in [0.2, 0.25) is 12.7 Å². The maximum atomic E-state index is 12.5. The van der Waals surface area contributed by atoms with Gasteiger partial charge in [0, 0.05) is 10.7 Å². The molecule has 112 valence electrons. The van der Waals surface area contributed by atoms with Crippen molar-refractivity contribution in [2.24, 2.45) is 0 Å². The monoisotopic (exact) mass is 315 g/mol. The molecule has 4 rings (SSSR count). The van der Waals surface area contributed by atoms with Crippen LogP contribution in [0.2, 0.25) is 5.02 Å². The van der Waals surface area contributed by atoms with Crippen LogP contribution in [0.15, 0.2) is 36.4 Å². The smallest absolute Gasteiger partial charge is 0.235 e. The van der Waals surface area contributed by atoms with Gasteiger partial charge in [0.25, 0.3) is 0 Å². The van der Waals surface area contributed by atoms with Gasteiger partial charge in [-0.25, -0.2) is 0 Å². The minimum absolute atomic E-state index is 0.0116. The molecular weight excluding hydrogens is 302 g/mol. The molecule has 1 unspecified atom stereocenters. The van der Waals surface area contributed by atoms with Gasteiger partial charge in [-0.15, -0.1) is 0 Å². The third kappa shape index (κ3) is 1.95. The van der Waals surface area contributed by atoms with Crippen molar-refractivity contribution in [3.8, 4) is 11.5 Å². The number of nitrogens with one attached hydrogen (secondary N) is 1. The first-order valence-corrected chi connectivity index (χ1v) is 7.44. The van der Waals surface area contributed by atoms with Crippen LogP contribution in [0.1, 0.15) is 18.1 Å². The lowest BCUT2D eigenvalue weighted by atomic mass is 9.78. The second-order valence-electron chi connectivity index (χ2n) is 5.84. The van der Waals surface area contributed by atoms with Gasteiger partial charge in [-0.1, -0.05) is 17.7 Å². The van der Waals surface area contributed by atoms with Crippen LogP contribution in [0, 0.1) is 0 Å². The van der Waals surface area contributed by atoms with E-state index in [-0.39, 0.29) is 12.7 Å². The molecule has 0 saturated carbocycles. The molecule has 1 amide bonds. The van der Waals surface area contributed by atoms with E-state index >= 15 is 0 Å². The number of carbonyl (C=O) groups is 1. The number of fused-ring (bicyclic) bond motifs is 2. The van der Waals surface area contributed by atoms with E-state index in [4.69, 9.17) is 21.1 Å². The molecular formula is C17H14ClNO3.